The zero-order chi connectivity index (χ0) is 31.7. The maximum Gasteiger partial charge on any atom is 0.319 e. The number of rotatable bonds is 6. The molecule has 2 bridgehead atoms. The summed E-state index contributed by atoms with van der Waals surface area (Å²) in [5.41, 5.74) is -0.00744. The van der Waals surface area contributed by atoms with Crippen molar-refractivity contribution in [1.29, 1.82) is 0 Å². The minimum absolute atomic E-state index is 0.0659. The number of hydrogen-bond acceptors (Lipinski definition) is 9. The third-order valence-electron chi connectivity index (χ3n) is 10.2. The summed E-state index contributed by atoms with van der Waals surface area (Å²) < 4.78 is 66.8. The number of phenolic OH excluding ortho intramolecular Hbond substituents is 1. The number of halogens is 4. The smallest absolute Gasteiger partial charge is 0.319 e. The van der Waals surface area contributed by atoms with Crippen LogP contribution in [0.5, 0.6) is 11.8 Å². The highest BCUT2D eigenvalue weighted by molar-refractivity contribution is 6.00. The fourth-order valence-corrected chi connectivity index (χ4v) is 8.17. The molecule has 4 fully saturated rings. The van der Waals surface area contributed by atoms with Gasteiger partial charge in [0.05, 0.1) is 16.6 Å². The van der Waals surface area contributed by atoms with Crippen LogP contribution in [0.1, 0.15) is 32.1 Å². The lowest BCUT2D eigenvalue weighted by atomic mass is 9.95. The molecule has 3 saturated heterocycles. The molecule has 1 saturated carbocycles. The van der Waals surface area contributed by atoms with Gasteiger partial charge >= 0.3 is 6.01 Å². The highest BCUT2D eigenvalue weighted by Crippen LogP contribution is 2.43. The molecular weight excluding hydrogens is 604 g/mol. The fraction of sp³-hybridized carbons (Fsp3) is 0.455. The number of anilines is 1. The summed E-state index contributed by atoms with van der Waals surface area (Å²) in [7, 11) is 1.53. The number of oxime groups is 1. The molecule has 2 unspecified atom stereocenters. The maximum atomic E-state index is 16.7. The zero-order valence-electron chi connectivity index (χ0n) is 25.1. The van der Waals surface area contributed by atoms with Gasteiger partial charge < -0.3 is 19.6 Å². The Morgan fingerprint density at radius 1 is 1.07 bits per heavy atom. The van der Waals surface area contributed by atoms with Crippen molar-refractivity contribution in [3.05, 3.63) is 47.9 Å². The van der Waals surface area contributed by atoms with E-state index in [0.29, 0.717) is 37.3 Å². The van der Waals surface area contributed by atoms with Crippen LogP contribution in [0.15, 0.2) is 35.6 Å². The molecular formula is C33H32F4N6O3. The van der Waals surface area contributed by atoms with Gasteiger partial charge in [-0.25, -0.2) is 17.6 Å². The molecule has 5 heterocycles. The summed E-state index contributed by atoms with van der Waals surface area (Å²) in [4.78, 5) is 22.9. The van der Waals surface area contributed by atoms with E-state index in [1.54, 1.807) is 0 Å². The Morgan fingerprint density at radius 2 is 1.87 bits per heavy atom. The van der Waals surface area contributed by atoms with Crippen molar-refractivity contribution < 1.29 is 32.2 Å². The summed E-state index contributed by atoms with van der Waals surface area (Å²) in [6.45, 7) is 2.42. The van der Waals surface area contributed by atoms with Gasteiger partial charge in [0.25, 0.3) is 0 Å². The summed E-state index contributed by atoms with van der Waals surface area (Å²) in [6, 6.07) is 4.62. The minimum Gasteiger partial charge on any atom is -0.508 e. The largest absolute Gasteiger partial charge is 0.508 e. The highest BCUT2D eigenvalue weighted by Gasteiger charge is 2.49. The molecule has 2 aromatic carbocycles. The molecule has 0 radical (unpaired) electrons. The Bertz CT molecular complexity index is 1890. The summed E-state index contributed by atoms with van der Waals surface area (Å²) in [5, 5.41) is 15.0. The number of nitrogens with zero attached hydrogens (tertiary/aromatic N) is 6. The number of hydrogen-bond donors (Lipinski definition) is 1. The highest BCUT2D eigenvalue weighted by atomic mass is 19.2. The van der Waals surface area contributed by atoms with Crippen LogP contribution >= 0.6 is 0 Å². The molecule has 240 valence electrons. The number of alkyl halides is 1. The third kappa shape index (κ3) is 4.61. The van der Waals surface area contributed by atoms with E-state index in [1.165, 1.54) is 25.4 Å². The molecule has 4 atom stereocenters. The monoisotopic (exact) mass is 636 g/mol. The Labute approximate surface area is 261 Å². The lowest BCUT2D eigenvalue weighted by Gasteiger charge is -2.34. The van der Waals surface area contributed by atoms with Crippen LogP contribution in [0.4, 0.5) is 23.4 Å². The van der Waals surface area contributed by atoms with Crippen LogP contribution in [0, 0.1) is 29.3 Å². The van der Waals surface area contributed by atoms with E-state index in [2.05, 4.69) is 24.9 Å². The fourth-order valence-electron chi connectivity index (χ4n) is 8.17. The van der Waals surface area contributed by atoms with Crippen molar-refractivity contribution in [3.63, 3.8) is 0 Å². The van der Waals surface area contributed by atoms with E-state index in [9.17, 15) is 13.9 Å². The number of pyridine rings is 1. The average molecular weight is 637 g/mol. The van der Waals surface area contributed by atoms with Crippen LogP contribution in [-0.4, -0.2) is 82.3 Å². The minimum atomic E-state index is -1.18. The molecule has 2 aromatic heterocycles. The quantitative estimate of drug-likeness (QED) is 0.211. The SMILES string of the molecule is CON=C1C2CCC1CN(c1nc(OC[C@@]34CCCN3C[C@H](F)C4)nc3c(F)c(-c4cc(O)cc5ccc(F)c(F)c45)ncc13)C2. The zero-order valence-corrected chi connectivity index (χ0v) is 25.1. The molecule has 1 N–H and O–H groups in total. The van der Waals surface area contributed by atoms with Crippen LogP contribution in [0.3, 0.4) is 0 Å². The van der Waals surface area contributed by atoms with Crippen molar-refractivity contribution in [2.45, 2.75) is 43.8 Å². The van der Waals surface area contributed by atoms with Gasteiger partial charge in [-0.05, 0) is 55.8 Å². The molecule has 46 heavy (non-hydrogen) atoms. The lowest BCUT2D eigenvalue weighted by Crippen LogP contribution is -2.44. The molecule has 4 aliphatic rings. The van der Waals surface area contributed by atoms with Crippen molar-refractivity contribution >= 4 is 33.2 Å². The standard InChI is InChI=1S/C33H32F4N6O3/c1-45-41-28-18-3-4-19(28)14-42(13-18)31-23-12-38-29(22-10-21(44)9-17-5-6-24(35)26(36)25(17)22)27(37)30(23)39-32(40-31)46-16-33-7-2-8-43(33)15-20(34)11-33/h5-6,9-10,12,18-20,44H,2-4,7-8,11,13-16H2,1H3/t18?,19?,20-,33+/m1/s1. The second-order valence-corrected chi connectivity index (χ2v) is 12.9. The first-order chi connectivity index (χ1) is 22.2. The number of aromatic hydroxyl groups is 1. The predicted octanol–water partition coefficient (Wildman–Crippen LogP) is 5.77. The van der Waals surface area contributed by atoms with Crippen molar-refractivity contribution in [2.24, 2.45) is 17.0 Å². The van der Waals surface area contributed by atoms with Crippen LogP contribution < -0.4 is 9.64 Å². The summed E-state index contributed by atoms with van der Waals surface area (Å²) >= 11 is 0. The van der Waals surface area contributed by atoms with Gasteiger partial charge in [-0.2, -0.15) is 9.97 Å². The van der Waals surface area contributed by atoms with Crippen molar-refractivity contribution in [3.8, 4) is 23.0 Å². The van der Waals surface area contributed by atoms with Crippen molar-refractivity contribution in [1.82, 2.24) is 19.9 Å². The number of piperidine rings is 1. The molecule has 4 aromatic rings. The Balaban J connectivity index is 1.26. The van der Waals surface area contributed by atoms with Gasteiger partial charge in [-0.1, -0.05) is 11.2 Å². The summed E-state index contributed by atoms with van der Waals surface area (Å²) in [5.74, 6) is -2.75. The van der Waals surface area contributed by atoms with E-state index in [1.807, 2.05) is 0 Å². The first-order valence-electron chi connectivity index (χ1n) is 15.6. The third-order valence-corrected chi connectivity index (χ3v) is 10.2. The number of ether oxygens (including phenoxy) is 1. The summed E-state index contributed by atoms with van der Waals surface area (Å²) in [6.07, 6.45) is 4.39. The van der Waals surface area contributed by atoms with Crippen LogP contribution in [0.2, 0.25) is 0 Å². The molecule has 0 spiro atoms. The van der Waals surface area contributed by atoms with E-state index in [-0.39, 0.29) is 57.7 Å². The van der Waals surface area contributed by atoms with Gasteiger partial charge in [-0.3, -0.25) is 9.88 Å². The van der Waals surface area contributed by atoms with Gasteiger partial charge in [0.1, 0.15) is 42.7 Å². The molecule has 8 rings (SSSR count). The van der Waals surface area contributed by atoms with E-state index >= 15 is 8.78 Å². The second kappa shape index (κ2) is 10.9. The van der Waals surface area contributed by atoms with Crippen LogP contribution in [0.25, 0.3) is 32.9 Å². The van der Waals surface area contributed by atoms with Crippen molar-refractivity contribution in [2.75, 3.05) is 44.8 Å². The number of aromatic nitrogens is 3. The predicted molar refractivity (Wildman–Crippen MR) is 163 cm³/mol. The first-order valence-corrected chi connectivity index (χ1v) is 15.6. The Morgan fingerprint density at radius 3 is 2.65 bits per heavy atom. The normalized spacial score (nSPS) is 25.9. The lowest BCUT2D eigenvalue weighted by molar-refractivity contribution is 0.107. The molecule has 1 aliphatic carbocycles. The first kappa shape index (κ1) is 29.2. The Kier molecular flexibility index (Phi) is 6.93. The molecule has 0 amide bonds. The van der Waals surface area contributed by atoms with Crippen LogP contribution in [-0.2, 0) is 4.84 Å². The maximum absolute atomic E-state index is 16.7. The van der Waals surface area contributed by atoms with Gasteiger partial charge in [0.2, 0.25) is 0 Å². The molecule has 3 aliphatic heterocycles. The topological polar surface area (TPSA) is 96.2 Å². The second-order valence-electron chi connectivity index (χ2n) is 12.9. The number of benzene rings is 2. The van der Waals surface area contributed by atoms with E-state index in [4.69, 9.17) is 14.6 Å². The number of fused-ring (bicyclic) bond motifs is 5. The molecule has 9 nitrogen and oxygen atoms in total. The van der Waals surface area contributed by atoms with E-state index in [0.717, 1.165) is 50.1 Å². The average Bonchev–Trinajstić information content (AvgIpc) is 3.63. The van der Waals surface area contributed by atoms with Gasteiger partial charge in [-0.15, -0.1) is 0 Å². The number of phenols is 1. The van der Waals surface area contributed by atoms with E-state index < -0.39 is 29.2 Å². The molecule has 13 heteroatoms. The van der Waals surface area contributed by atoms with Gasteiger partial charge in [0.15, 0.2) is 17.5 Å². The Hall–Kier alpha value is -4.26. The van der Waals surface area contributed by atoms with Gasteiger partial charge in [0, 0.05) is 55.0 Å².